The number of rotatable bonds is 13. The molecule has 2 rings (SSSR count). The first-order valence-corrected chi connectivity index (χ1v) is 14.5. The lowest BCUT2D eigenvalue weighted by Gasteiger charge is -2.31. The lowest BCUT2D eigenvalue weighted by Crippen LogP contribution is -2.50. The fourth-order valence-electron chi connectivity index (χ4n) is 4.15. The van der Waals surface area contributed by atoms with Crippen molar-refractivity contribution in [3.63, 3.8) is 0 Å². The van der Waals surface area contributed by atoms with E-state index in [0.717, 1.165) is 16.7 Å². The Morgan fingerprint density at radius 3 is 2.32 bits per heavy atom. The molecule has 204 valence electrons. The van der Waals surface area contributed by atoms with E-state index in [1.54, 1.807) is 18.1 Å². The maximum absolute atomic E-state index is 13.5. The van der Waals surface area contributed by atoms with Crippen LogP contribution in [0.5, 0.6) is 5.75 Å². The third kappa shape index (κ3) is 8.77. The monoisotopic (exact) mass is 531 g/mol. The zero-order valence-corrected chi connectivity index (χ0v) is 23.9. The smallest absolute Gasteiger partial charge is 0.243 e. The van der Waals surface area contributed by atoms with E-state index in [1.165, 1.54) is 10.6 Å². The molecule has 0 radical (unpaired) electrons. The quantitative estimate of drug-likeness (QED) is 0.418. The number of nitrogens with zero attached hydrogens (tertiary/aromatic N) is 2. The van der Waals surface area contributed by atoms with Gasteiger partial charge in [0.25, 0.3) is 0 Å². The second-order valence-electron chi connectivity index (χ2n) is 9.67. The molecule has 2 aromatic rings. The van der Waals surface area contributed by atoms with E-state index in [0.29, 0.717) is 24.3 Å². The summed E-state index contributed by atoms with van der Waals surface area (Å²) in [6.07, 6.45) is 2.04. The molecule has 0 saturated carbocycles. The molecule has 1 N–H and O–H groups in total. The molecule has 0 aliphatic rings. The van der Waals surface area contributed by atoms with Crippen LogP contribution in [0.25, 0.3) is 0 Å². The topological polar surface area (TPSA) is 96.0 Å². The van der Waals surface area contributed by atoms with Crippen LogP contribution in [-0.2, 0) is 26.2 Å². The fourth-order valence-corrected chi connectivity index (χ4v) is 5.11. The average molecular weight is 532 g/mol. The zero-order chi connectivity index (χ0) is 27.8. The van der Waals surface area contributed by atoms with Crippen LogP contribution in [0.2, 0.25) is 0 Å². The molecule has 9 heteroatoms. The highest BCUT2D eigenvalue weighted by Crippen LogP contribution is 2.23. The van der Waals surface area contributed by atoms with E-state index in [1.807, 2.05) is 71.0 Å². The van der Waals surface area contributed by atoms with E-state index in [9.17, 15) is 18.0 Å². The first-order valence-electron chi connectivity index (χ1n) is 12.6. The number of amides is 2. The summed E-state index contributed by atoms with van der Waals surface area (Å²) in [6, 6.07) is 12.2. The largest absolute Gasteiger partial charge is 0.497 e. The van der Waals surface area contributed by atoms with E-state index in [2.05, 4.69) is 5.32 Å². The Morgan fingerprint density at radius 1 is 1.05 bits per heavy atom. The van der Waals surface area contributed by atoms with Gasteiger partial charge in [-0.05, 0) is 81.5 Å². The van der Waals surface area contributed by atoms with Crippen LogP contribution in [0, 0.1) is 13.8 Å². The number of aryl methyl sites for hydroxylation is 2. The molecule has 0 fully saturated rings. The van der Waals surface area contributed by atoms with Crippen LogP contribution in [0.4, 0.5) is 5.69 Å². The van der Waals surface area contributed by atoms with Gasteiger partial charge in [0.2, 0.25) is 21.8 Å². The van der Waals surface area contributed by atoms with Gasteiger partial charge in [-0.15, -0.1) is 0 Å². The Hall–Kier alpha value is -3.07. The van der Waals surface area contributed by atoms with E-state index in [-0.39, 0.29) is 37.4 Å². The molecular formula is C28H41N3O5S. The van der Waals surface area contributed by atoms with Crippen LogP contribution < -0.4 is 14.4 Å². The van der Waals surface area contributed by atoms with Crippen molar-refractivity contribution in [3.8, 4) is 5.75 Å². The Bertz CT molecular complexity index is 1180. The Balaban J connectivity index is 2.25. The first-order chi connectivity index (χ1) is 17.4. The molecule has 0 aliphatic carbocycles. The lowest BCUT2D eigenvalue weighted by molar-refractivity contribution is -0.141. The maximum atomic E-state index is 13.5. The third-order valence-corrected chi connectivity index (χ3v) is 7.43. The molecule has 0 heterocycles. The number of nitrogens with one attached hydrogen (secondary N) is 1. The van der Waals surface area contributed by atoms with Crippen LogP contribution in [0.15, 0.2) is 42.5 Å². The number of benzene rings is 2. The van der Waals surface area contributed by atoms with Crippen molar-refractivity contribution in [2.45, 2.75) is 72.5 Å². The fraction of sp³-hybridized carbons (Fsp3) is 0.500. The molecule has 8 nitrogen and oxygen atoms in total. The van der Waals surface area contributed by atoms with E-state index >= 15 is 0 Å². The van der Waals surface area contributed by atoms with Crippen LogP contribution in [0.3, 0.4) is 0 Å². The summed E-state index contributed by atoms with van der Waals surface area (Å²) in [6.45, 7) is 9.95. The molecule has 2 amide bonds. The number of carbonyl (C=O) groups is 2. The van der Waals surface area contributed by atoms with Crippen molar-refractivity contribution < 1.29 is 22.7 Å². The van der Waals surface area contributed by atoms with E-state index in [4.69, 9.17) is 4.74 Å². The number of sulfonamides is 1. The number of hydrogen-bond acceptors (Lipinski definition) is 5. The van der Waals surface area contributed by atoms with Crippen LogP contribution in [-0.4, -0.2) is 57.1 Å². The lowest BCUT2D eigenvalue weighted by atomic mass is 10.1. The van der Waals surface area contributed by atoms with Crippen molar-refractivity contribution >= 4 is 27.5 Å². The summed E-state index contributed by atoms with van der Waals surface area (Å²) in [5.41, 5.74) is 3.49. The van der Waals surface area contributed by atoms with Gasteiger partial charge in [-0.3, -0.25) is 13.9 Å². The van der Waals surface area contributed by atoms with Gasteiger partial charge in [0, 0.05) is 25.6 Å². The molecule has 0 saturated heterocycles. The molecule has 2 aromatic carbocycles. The van der Waals surface area contributed by atoms with Gasteiger partial charge in [0.1, 0.15) is 11.8 Å². The normalized spacial score (nSPS) is 12.2. The maximum Gasteiger partial charge on any atom is 0.243 e. The Labute approximate surface area is 222 Å². The summed E-state index contributed by atoms with van der Waals surface area (Å²) < 4.78 is 31.8. The highest BCUT2D eigenvalue weighted by Gasteiger charge is 2.29. The van der Waals surface area contributed by atoms with E-state index < -0.39 is 16.1 Å². The van der Waals surface area contributed by atoms with Crippen molar-refractivity contribution in [2.24, 2.45) is 0 Å². The Morgan fingerprint density at radius 2 is 1.76 bits per heavy atom. The van der Waals surface area contributed by atoms with Gasteiger partial charge in [-0.1, -0.05) is 25.1 Å². The van der Waals surface area contributed by atoms with Crippen LogP contribution in [0.1, 0.15) is 56.7 Å². The second-order valence-corrected chi connectivity index (χ2v) is 11.6. The van der Waals surface area contributed by atoms with Crippen molar-refractivity contribution in [1.29, 1.82) is 0 Å². The predicted molar refractivity (Wildman–Crippen MR) is 148 cm³/mol. The SMILES string of the molecule is CCC(C(=O)NC(C)C)N(Cc1cccc(OC)c1)C(=O)CCCN(c1ccc(C)c(C)c1)S(C)(=O)=O. The van der Waals surface area contributed by atoms with Gasteiger partial charge >= 0.3 is 0 Å². The van der Waals surface area contributed by atoms with Gasteiger partial charge in [-0.2, -0.15) is 0 Å². The summed E-state index contributed by atoms with van der Waals surface area (Å²) >= 11 is 0. The molecule has 0 spiro atoms. The second kappa shape index (κ2) is 13.5. The standard InChI is InChI=1S/C28H41N3O5S/c1-8-26(28(33)29-20(2)3)30(19-23-11-9-12-25(18-23)36-6)27(32)13-10-16-31(37(7,34)35)24-15-14-21(4)22(5)17-24/h9,11-12,14-15,17-18,20,26H,8,10,13,16,19H2,1-7H3,(H,29,33). The van der Waals surface area contributed by atoms with Crippen molar-refractivity contribution in [2.75, 3.05) is 24.2 Å². The van der Waals surface area contributed by atoms with Crippen molar-refractivity contribution in [1.82, 2.24) is 10.2 Å². The number of ether oxygens (including phenoxy) is 1. The summed E-state index contributed by atoms with van der Waals surface area (Å²) in [5.74, 6) is 0.255. The molecule has 1 atom stereocenters. The molecule has 0 aromatic heterocycles. The van der Waals surface area contributed by atoms with Gasteiger partial charge in [0.05, 0.1) is 19.1 Å². The zero-order valence-electron chi connectivity index (χ0n) is 23.1. The first kappa shape index (κ1) is 30.2. The van der Waals surface area contributed by atoms with Gasteiger partial charge in [0.15, 0.2) is 0 Å². The molecule has 0 bridgehead atoms. The number of carbonyl (C=O) groups excluding carboxylic acids is 2. The minimum atomic E-state index is -3.54. The minimum absolute atomic E-state index is 0.0587. The number of methoxy groups -OCH3 is 1. The summed E-state index contributed by atoms with van der Waals surface area (Å²) in [5, 5.41) is 2.92. The molecule has 0 aliphatic heterocycles. The molecular weight excluding hydrogens is 490 g/mol. The molecule has 1 unspecified atom stereocenters. The van der Waals surface area contributed by atoms with Crippen molar-refractivity contribution in [3.05, 3.63) is 59.2 Å². The highest BCUT2D eigenvalue weighted by atomic mass is 32.2. The number of hydrogen-bond donors (Lipinski definition) is 1. The minimum Gasteiger partial charge on any atom is -0.497 e. The van der Waals surface area contributed by atoms with Crippen LogP contribution >= 0.6 is 0 Å². The average Bonchev–Trinajstić information content (AvgIpc) is 2.82. The Kier molecular flexibility index (Phi) is 11.0. The predicted octanol–water partition coefficient (Wildman–Crippen LogP) is 4.19. The van der Waals surface area contributed by atoms with Gasteiger partial charge in [-0.25, -0.2) is 8.42 Å². The van der Waals surface area contributed by atoms with Gasteiger partial charge < -0.3 is 15.0 Å². The summed E-state index contributed by atoms with van der Waals surface area (Å²) in [7, 11) is -1.96. The highest BCUT2D eigenvalue weighted by molar-refractivity contribution is 7.92. The summed E-state index contributed by atoms with van der Waals surface area (Å²) in [4.78, 5) is 28.1. The number of anilines is 1. The third-order valence-electron chi connectivity index (χ3n) is 6.23. The molecule has 37 heavy (non-hydrogen) atoms.